The van der Waals surface area contributed by atoms with Gasteiger partial charge in [-0.25, -0.2) is 0 Å². The van der Waals surface area contributed by atoms with Gasteiger partial charge in [-0.05, 0) is 69.8 Å². The standard InChI is InChI=1S/C40H65N5O2/c1-12-14-15-27(5)22-36(46)19-18-34-24-29(7)37(13-2)43-31(9)30(8)25-42-40(47)39(38-20-21-41-33(11)45-38)44-32(10)35(23-28(34)6)17-16-26(3)4/h17,27,30,34,37-39,43-44H,3,6-7,9-10,12-16,18-25H2,1-2,4-5,8,11H3,(H,41,45)(H,42,47)/b35-17+. The van der Waals surface area contributed by atoms with Crippen molar-refractivity contribution < 1.29 is 9.59 Å². The first-order chi connectivity index (χ1) is 22.2. The van der Waals surface area contributed by atoms with E-state index in [9.17, 15) is 9.59 Å². The van der Waals surface area contributed by atoms with E-state index in [1.807, 2.05) is 13.8 Å². The molecule has 0 aromatic rings. The molecular weight excluding hydrogens is 582 g/mol. The van der Waals surface area contributed by atoms with Crippen LogP contribution in [0.15, 0.2) is 77.6 Å². The van der Waals surface area contributed by atoms with Crippen LogP contribution in [0, 0.1) is 17.8 Å². The molecule has 2 rings (SSSR count). The third-order valence-electron chi connectivity index (χ3n) is 9.60. The minimum absolute atomic E-state index is 0.0000720. The third-order valence-corrected chi connectivity index (χ3v) is 9.60. The average Bonchev–Trinajstić information content (AvgIpc) is 3.02. The van der Waals surface area contributed by atoms with E-state index in [1.165, 1.54) is 0 Å². The van der Waals surface area contributed by atoms with Crippen LogP contribution in [0.1, 0.15) is 112 Å². The van der Waals surface area contributed by atoms with Crippen molar-refractivity contribution >= 4 is 17.5 Å². The molecule has 0 saturated carbocycles. The first-order valence-corrected chi connectivity index (χ1v) is 17.9. The number of allylic oxidation sites excluding steroid dienone is 4. The predicted molar refractivity (Wildman–Crippen MR) is 200 cm³/mol. The molecule has 262 valence electrons. The Hall–Kier alpha value is -3.35. The highest BCUT2D eigenvalue weighted by Gasteiger charge is 2.31. The van der Waals surface area contributed by atoms with Gasteiger partial charge in [0.05, 0.1) is 11.9 Å². The Morgan fingerprint density at radius 2 is 1.83 bits per heavy atom. The number of aliphatic imine (C=N–C) groups is 1. The molecule has 6 atom stereocenters. The van der Waals surface area contributed by atoms with E-state index >= 15 is 0 Å². The molecule has 1 fully saturated rings. The highest BCUT2D eigenvalue weighted by atomic mass is 16.2. The van der Waals surface area contributed by atoms with Crippen LogP contribution < -0.4 is 21.3 Å². The lowest BCUT2D eigenvalue weighted by molar-refractivity contribution is -0.123. The summed E-state index contributed by atoms with van der Waals surface area (Å²) < 4.78 is 0. The largest absolute Gasteiger partial charge is 0.382 e. The van der Waals surface area contributed by atoms with Gasteiger partial charge in [-0.2, -0.15) is 0 Å². The van der Waals surface area contributed by atoms with Crippen LogP contribution in [-0.2, 0) is 9.59 Å². The molecule has 1 amide bonds. The Morgan fingerprint density at radius 1 is 1.11 bits per heavy atom. The van der Waals surface area contributed by atoms with Crippen molar-refractivity contribution in [1.29, 1.82) is 0 Å². The van der Waals surface area contributed by atoms with Crippen LogP contribution in [0.4, 0.5) is 0 Å². The molecule has 0 spiro atoms. The Balaban J connectivity index is 2.47. The van der Waals surface area contributed by atoms with Gasteiger partial charge >= 0.3 is 0 Å². The molecule has 2 heterocycles. The normalized spacial score (nSPS) is 26.9. The van der Waals surface area contributed by atoms with Gasteiger partial charge < -0.3 is 21.3 Å². The fourth-order valence-corrected chi connectivity index (χ4v) is 6.34. The Bertz CT molecular complexity index is 1210. The molecule has 2 aliphatic heterocycles. The van der Waals surface area contributed by atoms with Crippen molar-refractivity contribution in [2.24, 2.45) is 22.7 Å². The lowest BCUT2D eigenvalue weighted by Crippen LogP contribution is -2.53. The number of unbranched alkanes of at least 4 members (excludes halogenated alkanes) is 1. The second kappa shape index (κ2) is 20.1. The van der Waals surface area contributed by atoms with E-state index in [2.05, 4.69) is 87.9 Å². The number of carbonyl (C=O) groups excluding carboxylic acids is 2. The number of nitrogens with zero attached hydrogens (tertiary/aromatic N) is 1. The van der Waals surface area contributed by atoms with Gasteiger partial charge in [-0.15, -0.1) is 0 Å². The molecule has 1 saturated heterocycles. The number of rotatable bonds is 12. The van der Waals surface area contributed by atoms with Crippen LogP contribution in [0.2, 0.25) is 0 Å². The van der Waals surface area contributed by atoms with Gasteiger partial charge in [0.1, 0.15) is 11.8 Å². The maximum absolute atomic E-state index is 13.8. The molecule has 7 nitrogen and oxygen atoms in total. The van der Waals surface area contributed by atoms with Gasteiger partial charge in [0, 0.05) is 49.3 Å². The van der Waals surface area contributed by atoms with Crippen LogP contribution in [0.5, 0.6) is 0 Å². The number of amidine groups is 1. The minimum atomic E-state index is -0.589. The Labute approximate surface area is 286 Å². The molecule has 4 N–H and O–H groups in total. The summed E-state index contributed by atoms with van der Waals surface area (Å²) in [5.74, 6) is 1.52. The summed E-state index contributed by atoms with van der Waals surface area (Å²) in [5, 5.41) is 13.6. The number of ketones is 1. The number of hydrogen-bond acceptors (Lipinski definition) is 6. The van der Waals surface area contributed by atoms with Crippen molar-refractivity contribution in [3.63, 3.8) is 0 Å². The third kappa shape index (κ3) is 13.7. The minimum Gasteiger partial charge on any atom is -0.382 e. The van der Waals surface area contributed by atoms with Crippen LogP contribution in [0.3, 0.4) is 0 Å². The molecule has 6 unspecified atom stereocenters. The van der Waals surface area contributed by atoms with Crippen LogP contribution in [0.25, 0.3) is 0 Å². The van der Waals surface area contributed by atoms with Crippen molar-refractivity contribution in [1.82, 2.24) is 21.3 Å². The molecule has 0 bridgehead atoms. The zero-order chi connectivity index (χ0) is 35.1. The first kappa shape index (κ1) is 39.8. The summed E-state index contributed by atoms with van der Waals surface area (Å²) in [7, 11) is 0. The summed E-state index contributed by atoms with van der Waals surface area (Å²) in [5.41, 5.74) is 5.70. The molecule has 7 heteroatoms. The summed E-state index contributed by atoms with van der Waals surface area (Å²) in [6.07, 6.45) is 11.0. The number of amides is 1. The Morgan fingerprint density at radius 3 is 2.47 bits per heavy atom. The van der Waals surface area contributed by atoms with Crippen molar-refractivity contribution in [3.05, 3.63) is 72.7 Å². The summed E-state index contributed by atoms with van der Waals surface area (Å²) in [6, 6.07) is -0.794. The van der Waals surface area contributed by atoms with E-state index in [0.29, 0.717) is 49.6 Å². The second-order valence-electron chi connectivity index (χ2n) is 14.2. The quantitative estimate of drug-likeness (QED) is 0.162. The van der Waals surface area contributed by atoms with E-state index in [-0.39, 0.29) is 29.8 Å². The predicted octanol–water partition coefficient (Wildman–Crippen LogP) is 7.85. The maximum Gasteiger partial charge on any atom is 0.244 e. The van der Waals surface area contributed by atoms with Gasteiger partial charge in [-0.3, -0.25) is 14.6 Å². The number of nitrogens with one attached hydrogen (secondary N) is 4. The summed E-state index contributed by atoms with van der Waals surface area (Å²) in [6.45, 7) is 35.8. The fraction of sp³-hybridized carbons (Fsp3) is 0.625. The molecular formula is C40H65N5O2. The molecule has 0 aromatic heterocycles. The van der Waals surface area contributed by atoms with E-state index < -0.39 is 6.04 Å². The van der Waals surface area contributed by atoms with Crippen molar-refractivity contribution in [2.45, 2.75) is 130 Å². The molecule has 0 radical (unpaired) electrons. The van der Waals surface area contributed by atoms with Gasteiger partial charge in [-0.1, -0.05) is 103 Å². The molecule has 0 aromatic carbocycles. The highest BCUT2D eigenvalue weighted by molar-refractivity contribution is 5.85. The van der Waals surface area contributed by atoms with Crippen LogP contribution in [-0.4, -0.2) is 48.7 Å². The number of hydrogen-bond donors (Lipinski definition) is 4. The summed E-state index contributed by atoms with van der Waals surface area (Å²) >= 11 is 0. The first-order valence-electron chi connectivity index (χ1n) is 17.9. The second-order valence-corrected chi connectivity index (χ2v) is 14.2. The number of Topliss-reactive ketones (excluding diaryl/α,β-unsaturated/α-hetero) is 1. The zero-order valence-corrected chi connectivity index (χ0v) is 30.5. The number of carbonyl (C=O) groups is 2. The van der Waals surface area contributed by atoms with Crippen molar-refractivity contribution in [3.8, 4) is 0 Å². The summed E-state index contributed by atoms with van der Waals surface area (Å²) in [4.78, 5) is 31.7. The van der Waals surface area contributed by atoms with Crippen molar-refractivity contribution in [2.75, 3.05) is 13.1 Å². The fourth-order valence-electron chi connectivity index (χ4n) is 6.34. The smallest absolute Gasteiger partial charge is 0.244 e. The van der Waals surface area contributed by atoms with E-state index in [1.54, 1.807) is 0 Å². The topological polar surface area (TPSA) is 94.6 Å². The monoisotopic (exact) mass is 648 g/mol. The van der Waals surface area contributed by atoms with Gasteiger partial charge in [0.2, 0.25) is 5.91 Å². The maximum atomic E-state index is 13.8. The lowest BCUT2D eigenvalue weighted by atomic mass is 9.82. The van der Waals surface area contributed by atoms with Crippen LogP contribution >= 0.6 is 0 Å². The molecule has 2 aliphatic rings. The lowest BCUT2D eigenvalue weighted by Gasteiger charge is -2.32. The molecule has 47 heavy (non-hydrogen) atoms. The SMILES string of the molecule is C=C(C)C/C=C1\CC(=C)C(CCC(=O)CC(C)CCCC)CC(=C)C(CC)NC(=C)C(C)CNC(=O)C(C2CCNC(C)=N2)NC1=C. The van der Waals surface area contributed by atoms with E-state index in [0.717, 1.165) is 85.3 Å². The zero-order valence-electron chi connectivity index (χ0n) is 30.5. The average molecular weight is 648 g/mol. The Kier molecular flexibility index (Phi) is 17.0. The van der Waals surface area contributed by atoms with Gasteiger partial charge in [0.25, 0.3) is 0 Å². The van der Waals surface area contributed by atoms with E-state index in [4.69, 9.17) is 4.99 Å². The van der Waals surface area contributed by atoms with Gasteiger partial charge in [0.15, 0.2) is 0 Å². The highest BCUT2D eigenvalue weighted by Crippen LogP contribution is 2.32. The molecule has 0 aliphatic carbocycles.